The third-order valence-electron chi connectivity index (χ3n) is 2.11. The number of carbonyl (C=O) groups is 2. The van der Waals surface area contributed by atoms with Gasteiger partial charge in [0.05, 0.1) is 17.2 Å². The number of nitrogens with one attached hydrogen (secondary N) is 1. The average molecular weight is 258 g/mol. The second-order valence-corrected chi connectivity index (χ2v) is 3.96. The van der Waals surface area contributed by atoms with Crippen LogP contribution < -0.4 is 5.32 Å². The fraction of sp³-hybridized carbons (Fsp3) is 0.273. The smallest absolute Gasteiger partial charge is 0.337 e. The van der Waals surface area contributed by atoms with Crippen molar-refractivity contribution < 1.29 is 19.8 Å². The average Bonchev–Trinajstić information content (AvgIpc) is 2.28. The maximum Gasteiger partial charge on any atom is 0.337 e. The van der Waals surface area contributed by atoms with Crippen molar-refractivity contribution >= 4 is 23.5 Å². The normalized spacial score (nSPS) is 11.9. The van der Waals surface area contributed by atoms with Gasteiger partial charge in [0.25, 0.3) is 5.91 Å². The van der Waals surface area contributed by atoms with Crippen LogP contribution in [-0.4, -0.2) is 34.7 Å². The molecule has 1 amide bonds. The zero-order valence-corrected chi connectivity index (χ0v) is 9.86. The highest BCUT2D eigenvalue weighted by Crippen LogP contribution is 2.17. The summed E-state index contributed by atoms with van der Waals surface area (Å²) >= 11 is 5.73. The van der Waals surface area contributed by atoms with Crippen LogP contribution in [0, 0.1) is 0 Å². The van der Waals surface area contributed by atoms with Crippen molar-refractivity contribution in [2.75, 3.05) is 6.61 Å². The molecule has 6 heteroatoms. The molecule has 0 spiro atoms. The lowest BCUT2D eigenvalue weighted by Crippen LogP contribution is -2.35. The molecular formula is C11H12ClNO4. The van der Waals surface area contributed by atoms with Crippen LogP contribution in [0.4, 0.5) is 0 Å². The van der Waals surface area contributed by atoms with Crippen LogP contribution >= 0.6 is 11.6 Å². The fourth-order valence-corrected chi connectivity index (χ4v) is 1.44. The van der Waals surface area contributed by atoms with E-state index in [2.05, 4.69) is 5.32 Å². The number of carbonyl (C=O) groups excluding carboxylic acids is 1. The zero-order chi connectivity index (χ0) is 13.0. The Balaban J connectivity index is 2.90. The molecule has 17 heavy (non-hydrogen) atoms. The molecule has 0 aliphatic carbocycles. The Morgan fingerprint density at radius 3 is 2.59 bits per heavy atom. The number of hydrogen-bond acceptors (Lipinski definition) is 3. The van der Waals surface area contributed by atoms with Crippen molar-refractivity contribution in [2.24, 2.45) is 0 Å². The van der Waals surface area contributed by atoms with Crippen LogP contribution in [0.1, 0.15) is 27.6 Å². The Kier molecular flexibility index (Phi) is 4.48. The highest BCUT2D eigenvalue weighted by atomic mass is 35.5. The predicted octanol–water partition coefficient (Wildman–Crippen LogP) is 1.15. The third-order valence-corrected chi connectivity index (χ3v) is 2.43. The van der Waals surface area contributed by atoms with Gasteiger partial charge in [0, 0.05) is 11.6 Å². The highest BCUT2D eigenvalue weighted by Gasteiger charge is 2.13. The summed E-state index contributed by atoms with van der Waals surface area (Å²) in [5, 5.41) is 20.1. The van der Waals surface area contributed by atoms with E-state index in [0.29, 0.717) is 0 Å². The van der Waals surface area contributed by atoms with Gasteiger partial charge in [-0.25, -0.2) is 4.79 Å². The number of carboxylic acids is 1. The summed E-state index contributed by atoms with van der Waals surface area (Å²) in [5.41, 5.74) is 0.193. The number of hydrogen-bond donors (Lipinski definition) is 3. The summed E-state index contributed by atoms with van der Waals surface area (Å²) in [6, 6.07) is 3.54. The Morgan fingerprint density at radius 2 is 2.12 bits per heavy atom. The first kappa shape index (κ1) is 13.5. The minimum absolute atomic E-state index is 0.00167. The molecular weight excluding hydrogens is 246 g/mol. The molecule has 0 fully saturated rings. The Hall–Kier alpha value is -1.59. The molecule has 0 heterocycles. The van der Waals surface area contributed by atoms with E-state index in [1.54, 1.807) is 6.92 Å². The number of amides is 1. The van der Waals surface area contributed by atoms with E-state index in [4.69, 9.17) is 21.8 Å². The molecule has 1 aromatic rings. The van der Waals surface area contributed by atoms with E-state index >= 15 is 0 Å². The van der Waals surface area contributed by atoms with Crippen LogP contribution in [0.25, 0.3) is 0 Å². The number of aromatic carboxylic acids is 1. The van der Waals surface area contributed by atoms with Gasteiger partial charge in [0.15, 0.2) is 0 Å². The summed E-state index contributed by atoms with van der Waals surface area (Å²) in [5.74, 6) is -1.56. The van der Waals surface area contributed by atoms with Crippen molar-refractivity contribution in [2.45, 2.75) is 13.0 Å². The van der Waals surface area contributed by atoms with Gasteiger partial charge in [-0.05, 0) is 25.1 Å². The van der Waals surface area contributed by atoms with Crippen LogP contribution in [0.15, 0.2) is 18.2 Å². The van der Waals surface area contributed by atoms with E-state index in [9.17, 15) is 9.59 Å². The van der Waals surface area contributed by atoms with Crippen molar-refractivity contribution in [3.63, 3.8) is 0 Å². The van der Waals surface area contributed by atoms with Crippen molar-refractivity contribution in [1.82, 2.24) is 5.32 Å². The Morgan fingerprint density at radius 1 is 1.47 bits per heavy atom. The van der Waals surface area contributed by atoms with E-state index in [1.807, 2.05) is 0 Å². The number of rotatable bonds is 4. The standard InChI is InChI=1S/C11H12ClNO4/c1-6(5-14)13-10(15)7-2-3-8(11(16)17)9(12)4-7/h2-4,6,14H,5H2,1H3,(H,13,15)(H,16,17). The molecule has 0 radical (unpaired) electrons. The van der Waals surface area contributed by atoms with E-state index in [0.717, 1.165) is 0 Å². The molecule has 3 N–H and O–H groups in total. The summed E-state index contributed by atoms with van der Waals surface area (Å²) < 4.78 is 0. The molecule has 0 saturated carbocycles. The van der Waals surface area contributed by atoms with Gasteiger partial charge in [-0.2, -0.15) is 0 Å². The number of aliphatic hydroxyl groups is 1. The topological polar surface area (TPSA) is 86.6 Å². The monoisotopic (exact) mass is 257 g/mol. The van der Waals surface area contributed by atoms with Crippen molar-refractivity contribution in [1.29, 1.82) is 0 Å². The van der Waals surface area contributed by atoms with Gasteiger partial charge in [-0.3, -0.25) is 4.79 Å². The van der Waals surface area contributed by atoms with Crippen LogP contribution in [0.5, 0.6) is 0 Å². The molecule has 1 aromatic carbocycles. The molecule has 0 bridgehead atoms. The molecule has 1 unspecified atom stereocenters. The quantitative estimate of drug-likeness (QED) is 0.755. The molecule has 92 valence electrons. The molecule has 1 rings (SSSR count). The molecule has 0 aromatic heterocycles. The van der Waals surface area contributed by atoms with Crippen molar-refractivity contribution in [3.8, 4) is 0 Å². The lowest BCUT2D eigenvalue weighted by Gasteiger charge is -2.11. The van der Waals surface area contributed by atoms with Crippen molar-refractivity contribution in [3.05, 3.63) is 34.3 Å². The number of aliphatic hydroxyl groups excluding tert-OH is 1. The molecule has 0 aliphatic rings. The van der Waals surface area contributed by atoms with Gasteiger partial charge in [-0.1, -0.05) is 11.6 Å². The lowest BCUT2D eigenvalue weighted by atomic mass is 10.1. The number of halogens is 1. The minimum atomic E-state index is -1.15. The summed E-state index contributed by atoms with van der Waals surface area (Å²) in [4.78, 5) is 22.3. The van der Waals surface area contributed by atoms with E-state index in [-0.39, 0.29) is 28.8 Å². The van der Waals surface area contributed by atoms with Gasteiger partial charge in [0.1, 0.15) is 0 Å². The summed E-state index contributed by atoms with van der Waals surface area (Å²) in [6.45, 7) is 1.47. The molecule has 1 atom stereocenters. The SMILES string of the molecule is CC(CO)NC(=O)c1ccc(C(=O)O)c(Cl)c1. The van der Waals surface area contributed by atoms with Crippen LogP contribution in [0.3, 0.4) is 0 Å². The zero-order valence-electron chi connectivity index (χ0n) is 9.11. The molecule has 5 nitrogen and oxygen atoms in total. The van der Waals surface area contributed by atoms with Crippen LogP contribution in [0.2, 0.25) is 5.02 Å². The van der Waals surface area contributed by atoms with E-state index in [1.165, 1.54) is 18.2 Å². The fourth-order valence-electron chi connectivity index (χ4n) is 1.18. The van der Waals surface area contributed by atoms with E-state index < -0.39 is 11.9 Å². The van der Waals surface area contributed by atoms with Gasteiger partial charge in [0.2, 0.25) is 0 Å². The summed E-state index contributed by atoms with van der Waals surface area (Å²) in [6.07, 6.45) is 0. The van der Waals surface area contributed by atoms with Crippen LogP contribution in [-0.2, 0) is 0 Å². The van der Waals surface area contributed by atoms with Gasteiger partial charge < -0.3 is 15.5 Å². The molecule has 0 saturated heterocycles. The third kappa shape index (κ3) is 3.44. The molecule has 0 aliphatic heterocycles. The Bertz CT molecular complexity index is 447. The lowest BCUT2D eigenvalue weighted by molar-refractivity contribution is 0.0696. The second-order valence-electron chi connectivity index (χ2n) is 3.56. The minimum Gasteiger partial charge on any atom is -0.478 e. The first-order valence-electron chi connectivity index (χ1n) is 4.90. The number of benzene rings is 1. The second kappa shape index (κ2) is 5.65. The van der Waals surface area contributed by atoms with Gasteiger partial charge >= 0.3 is 5.97 Å². The maximum absolute atomic E-state index is 11.6. The predicted molar refractivity (Wildman–Crippen MR) is 62.4 cm³/mol. The largest absolute Gasteiger partial charge is 0.478 e. The summed E-state index contributed by atoms with van der Waals surface area (Å²) in [7, 11) is 0. The number of carboxylic acid groups (broad SMARTS) is 1. The maximum atomic E-state index is 11.6. The first-order valence-corrected chi connectivity index (χ1v) is 5.28. The highest BCUT2D eigenvalue weighted by molar-refractivity contribution is 6.33. The van der Waals surface area contributed by atoms with Gasteiger partial charge in [-0.15, -0.1) is 0 Å². The first-order chi connectivity index (χ1) is 7.95. The Labute approximate surface area is 103 Å².